The molecule has 4 rings (SSSR count). The van der Waals surface area contributed by atoms with Crippen LogP contribution in [0.1, 0.15) is 59.5 Å². The second-order valence-electron chi connectivity index (χ2n) is 12.2. The standard InChI is InChI=1S/C38H36Cl2O8S/c1-36(2,47-30-17-9-26(10-18-30)32(42)24-5-13-28(39)14-6-24)34(44)38(49,23-46-22-21-41)35(45)37(3,4)48-31-19-11-27(12-20-31)33(43)25-7-15-29(40)16-8-25/h5-20,41,49H,21-23H2,1-4H3. The van der Waals surface area contributed by atoms with Gasteiger partial charge in [-0.25, -0.2) is 0 Å². The number of halogens is 2. The maximum Gasteiger partial charge on any atom is 0.201 e. The molecule has 0 radical (unpaired) electrons. The van der Waals surface area contributed by atoms with Crippen LogP contribution in [0.25, 0.3) is 0 Å². The van der Waals surface area contributed by atoms with Crippen molar-refractivity contribution in [1.29, 1.82) is 0 Å². The minimum atomic E-state index is -2.07. The monoisotopic (exact) mass is 722 g/mol. The fourth-order valence-electron chi connectivity index (χ4n) is 5.08. The van der Waals surface area contributed by atoms with Crippen LogP contribution in [0.5, 0.6) is 11.5 Å². The average Bonchev–Trinajstić information content (AvgIpc) is 3.08. The minimum Gasteiger partial charge on any atom is -0.480 e. The number of ether oxygens (including phenoxy) is 3. The molecule has 1 N–H and O–H groups in total. The zero-order valence-electron chi connectivity index (χ0n) is 27.4. The molecule has 11 heteroatoms. The van der Waals surface area contributed by atoms with E-state index < -0.39 is 34.1 Å². The van der Waals surface area contributed by atoms with Crippen molar-refractivity contribution >= 4 is 59.0 Å². The Hall–Kier alpha value is -3.99. The van der Waals surface area contributed by atoms with Gasteiger partial charge in [-0.05, 0) is 125 Å². The van der Waals surface area contributed by atoms with Crippen molar-refractivity contribution in [3.8, 4) is 11.5 Å². The molecule has 0 saturated heterocycles. The molecule has 0 fully saturated rings. The third-order valence-electron chi connectivity index (χ3n) is 7.58. The summed E-state index contributed by atoms with van der Waals surface area (Å²) < 4.78 is 15.6. The van der Waals surface area contributed by atoms with Gasteiger partial charge in [-0.15, -0.1) is 0 Å². The van der Waals surface area contributed by atoms with E-state index in [4.69, 9.17) is 37.4 Å². The van der Waals surface area contributed by atoms with E-state index in [2.05, 4.69) is 12.6 Å². The number of aliphatic hydroxyl groups is 1. The van der Waals surface area contributed by atoms with Gasteiger partial charge in [-0.1, -0.05) is 23.2 Å². The Kier molecular flexibility index (Phi) is 12.1. The lowest BCUT2D eigenvalue weighted by Gasteiger charge is -2.38. The van der Waals surface area contributed by atoms with Gasteiger partial charge in [0.25, 0.3) is 0 Å². The first kappa shape index (κ1) is 37.8. The van der Waals surface area contributed by atoms with Crippen LogP contribution in [0.15, 0.2) is 97.1 Å². The molecule has 0 aliphatic carbocycles. The molecule has 256 valence electrons. The van der Waals surface area contributed by atoms with Gasteiger partial charge in [0.1, 0.15) is 11.5 Å². The first-order valence-electron chi connectivity index (χ1n) is 15.3. The van der Waals surface area contributed by atoms with Gasteiger partial charge < -0.3 is 19.3 Å². The van der Waals surface area contributed by atoms with E-state index in [0.717, 1.165) is 0 Å². The SMILES string of the molecule is CC(C)(Oc1ccc(C(=O)c2ccc(Cl)cc2)cc1)C(=O)C(S)(COCCO)C(=O)C(C)(C)Oc1ccc(C(=O)c2ccc(Cl)cc2)cc1. The molecule has 0 spiro atoms. The number of rotatable bonds is 16. The summed E-state index contributed by atoms with van der Waals surface area (Å²) in [5.41, 5.74) is -1.50. The summed E-state index contributed by atoms with van der Waals surface area (Å²) in [5.74, 6) is -1.32. The second-order valence-corrected chi connectivity index (χ2v) is 13.9. The highest BCUT2D eigenvalue weighted by atomic mass is 35.5. The number of aliphatic hydroxyl groups excluding tert-OH is 1. The van der Waals surface area contributed by atoms with Gasteiger partial charge in [-0.2, -0.15) is 12.6 Å². The molecule has 8 nitrogen and oxygen atoms in total. The molecule has 49 heavy (non-hydrogen) atoms. The molecule has 0 aliphatic heterocycles. The molecule has 0 atom stereocenters. The highest BCUT2D eigenvalue weighted by Crippen LogP contribution is 2.34. The third-order valence-corrected chi connectivity index (χ3v) is 8.62. The Morgan fingerprint density at radius 3 is 1.20 bits per heavy atom. The van der Waals surface area contributed by atoms with Crippen LogP contribution >= 0.6 is 35.8 Å². The largest absolute Gasteiger partial charge is 0.480 e. The molecule has 0 aromatic heterocycles. The summed E-state index contributed by atoms with van der Waals surface area (Å²) in [6.45, 7) is 5.03. The van der Waals surface area contributed by atoms with Gasteiger partial charge in [-0.3, -0.25) is 19.2 Å². The third kappa shape index (κ3) is 9.17. The smallest absolute Gasteiger partial charge is 0.201 e. The summed E-state index contributed by atoms with van der Waals surface area (Å²) in [5, 5.41) is 10.3. The number of Topliss-reactive ketones (excluding diaryl/α,β-unsaturated/α-hetero) is 2. The summed E-state index contributed by atoms with van der Waals surface area (Å²) in [4.78, 5) is 54.1. The summed E-state index contributed by atoms with van der Waals surface area (Å²) >= 11 is 16.5. The van der Waals surface area contributed by atoms with Gasteiger partial charge in [0.2, 0.25) is 11.6 Å². The first-order chi connectivity index (χ1) is 23.1. The molecule has 0 aliphatic rings. The molecule has 4 aromatic carbocycles. The molecule has 0 bridgehead atoms. The average molecular weight is 724 g/mol. The fraction of sp³-hybridized carbons (Fsp3) is 0.263. The van der Waals surface area contributed by atoms with E-state index in [0.29, 0.717) is 32.3 Å². The Bertz CT molecular complexity index is 1670. The molecule has 0 saturated carbocycles. The lowest BCUT2D eigenvalue weighted by Crippen LogP contribution is -2.62. The van der Waals surface area contributed by atoms with Crippen molar-refractivity contribution in [2.24, 2.45) is 0 Å². The van der Waals surface area contributed by atoms with Crippen molar-refractivity contribution in [2.45, 2.75) is 43.6 Å². The lowest BCUT2D eigenvalue weighted by molar-refractivity contribution is -0.148. The van der Waals surface area contributed by atoms with E-state index in [1.165, 1.54) is 27.7 Å². The first-order valence-corrected chi connectivity index (χ1v) is 16.5. The number of thiol groups is 1. The zero-order valence-corrected chi connectivity index (χ0v) is 29.8. The van der Waals surface area contributed by atoms with Gasteiger partial charge in [0, 0.05) is 32.3 Å². The maximum absolute atomic E-state index is 14.2. The predicted molar refractivity (Wildman–Crippen MR) is 192 cm³/mol. The minimum absolute atomic E-state index is 0.141. The van der Waals surface area contributed by atoms with Crippen LogP contribution in [-0.4, -0.2) is 64.0 Å². The number of hydrogen-bond acceptors (Lipinski definition) is 9. The van der Waals surface area contributed by atoms with E-state index in [1.54, 1.807) is 97.1 Å². The second kappa shape index (κ2) is 15.7. The molecular formula is C38H36Cl2O8S. The highest BCUT2D eigenvalue weighted by Gasteiger charge is 2.55. The van der Waals surface area contributed by atoms with Gasteiger partial charge >= 0.3 is 0 Å². The molecule has 0 amide bonds. The number of carbonyl (C=O) groups excluding carboxylic acids is 4. The van der Waals surface area contributed by atoms with Crippen molar-refractivity contribution < 1.29 is 38.5 Å². The van der Waals surface area contributed by atoms with Crippen LogP contribution in [0.4, 0.5) is 0 Å². The van der Waals surface area contributed by atoms with Crippen LogP contribution in [-0.2, 0) is 14.3 Å². The molecular weight excluding hydrogens is 687 g/mol. The van der Waals surface area contributed by atoms with Gasteiger partial charge in [0.15, 0.2) is 27.5 Å². The zero-order chi connectivity index (χ0) is 36.0. The van der Waals surface area contributed by atoms with Crippen LogP contribution in [0, 0.1) is 0 Å². The number of hydrogen-bond donors (Lipinski definition) is 2. The Morgan fingerprint density at radius 2 is 0.898 bits per heavy atom. The number of carbonyl (C=O) groups is 4. The van der Waals surface area contributed by atoms with Crippen LogP contribution in [0.2, 0.25) is 10.0 Å². The summed E-state index contributed by atoms with van der Waals surface area (Å²) in [6.07, 6.45) is 0. The van der Waals surface area contributed by atoms with Crippen LogP contribution < -0.4 is 9.47 Å². The highest BCUT2D eigenvalue weighted by molar-refractivity contribution is 7.83. The van der Waals surface area contributed by atoms with E-state index in [9.17, 15) is 24.3 Å². The molecule has 0 unspecified atom stereocenters. The Balaban J connectivity index is 1.51. The Labute approximate surface area is 300 Å². The maximum atomic E-state index is 14.2. The van der Waals surface area contributed by atoms with Crippen molar-refractivity contribution in [1.82, 2.24) is 0 Å². The molecule has 0 heterocycles. The van der Waals surface area contributed by atoms with Crippen molar-refractivity contribution in [2.75, 3.05) is 19.8 Å². The summed E-state index contributed by atoms with van der Waals surface area (Å²) in [6, 6.07) is 25.5. The van der Waals surface area contributed by atoms with E-state index in [-0.39, 0.29) is 36.3 Å². The topological polar surface area (TPSA) is 116 Å². The van der Waals surface area contributed by atoms with Crippen LogP contribution in [0.3, 0.4) is 0 Å². The summed E-state index contributed by atoms with van der Waals surface area (Å²) in [7, 11) is 0. The Morgan fingerprint density at radius 1 is 0.592 bits per heavy atom. The predicted octanol–water partition coefficient (Wildman–Crippen LogP) is 7.29. The number of benzene rings is 4. The quantitative estimate of drug-likeness (QED) is 0.0537. The van der Waals surface area contributed by atoms with Gasteiger partial charge in [0.05, 0.1) is 19.8 Å². The fourth-order valence-corrected chi connectivity index (χ4v) is 5.96. The van der Waals surface area contributed by atoms with Crippen molar-refractivity contribution in [3.63, 3.8) is 0 Å². The normalized spacial score (nSPS) is 11.9. The van der Waals surface area contributed by atoms with Crippen molar-refractivity contribution in [3.05, 3.63) is 129 Å². The number of ketones is 4. The molecule has 4 aromatic rings. The van der Waals surface area contributed by atoms with E-state index >= 15 is 0 Å². The lowest BCUT2D eigenvalue weighted by atomic mass is 9.82. The van der Waals surface area contributed by atoms with E-state index in [1.807, 2.05) is 0 Å².